The number of nitrogens with one attached hydrogen (secondary N) is 1. The van der Waals surface area contributed by atoms with E-state index in [0.29, 0.717) is 5.41 Å². The van der Waals surface area contributed by atoms with Gasteiger partial charge in [-0.2, -0.15) is 0 Å². The molecule has 2 aliphatic rings. The highest BCUT2D eigenvalue weighted by molar-refractivity contribution is 4.87. The van der Waals surface area contributed by atoms with Crippen molar-refractivity contribution in [1.29, 1.82) is 0 Å². The zero-order valence-electron chi connectivity index (χ0n) is 9.52. The summed E-state index contributed by atoms with van der Waals surface area (Å²) in [4.78, 5) is 2.67. The second-order valence-electron chi connectivity index (χ2n) is 5.09. The Morgan fingerprint density at radius 1 is 1.14 bits per heavy atom. The van der Waals surface area contributed by atoms with Gasteiger partial charge in [-0.15, -0.1) is 0 Å². The van der Waals surface area contributed by atoms with Crippen LogP contribution in [-0.2, 0) is 0 Å². The molecule has 1 heterocycles. The second kappa shape index (κ2) is 4.63. The second-order valence-corrected chi connectivity index (χ2v) is 5.09. The van der Waals surface area contributed by atoms with Crippen LogP contribution in [0.1, 0.15) is 39.0 Å². The molecule has 1 saturated heterocycles. The number of rotatable bonds is 3. The number of hydrogen-bond acceptors (Lipinski definition) is 2. The van der Waals surface area contributed by atoms with Crippen LogP contribution in [0, 0.1) is 5.41 Å². The molecule has 2 rings (SSSR count). The Bertz CT molecular complexity index is 167. The molecule has 1 aliphatic heterocycles. The van der Waals surface area contributed by atoms with Crippen LogP contribution in [0.15, 0.2) is 0 Å². The van der Waals surface area contributed by atoms with Gasteiger partial charge in [0.05, 0.1) is 0 Å². The van der Waals surface area contributed by atoms with Gasteiger partial charge in [0.1, 0.15) is 0 Å². The first-order valence-corrected chi connectivity index (χ1v) is 6.28. The van der Waals surface area contributed by atoms with Gasteiger partial charge in [0.2, 0.25) is 0 Å². The summed E-state index contributed by atoms with van der Waals surface area (Å²) in [6.07, 6.45) is 7.29. The molecule has 1 saturated carbocycles. The standard InChI is InChI=1S/C12H24N2/c1-2-12(5-3-4-6-12)11-14-9-7-13-8-10-14/h13H,2-11H2,1H3. The highest BCUT2D eigenvalue weighted by Gasteiger charge is 2.33. The van der Waals surface area contributed by atoms with Crippen molar-refractivity contribution in [2.75, 3.05) is 32.7 Å². The van der Waals surface area contributed by atoms with Gasteiger partial charge in [0, 0.05) is 32.7 Å². The van der Waals surface area contributed by atoms with Crippen LogP contribution in [0.4, 0.5) is 0 Å². The van der Waals surface area contributed by atoms with Gasteiger partial charge in [-0.25, -0.2) is 0 Å². The lowest BCUT2D eigenvalue weighted by molar-refractivity contribution is 0.134. The number of hydrogen-bond donors (Lipinski definition) is 1. The average molecular weight is 196 g/mol. The first-order valence-electron chi connectivity index (χ1n) is 6.28. The Hall–Kier alpha value is -0.0800. The summed E-state index contributed by atoms with van der Waals surface area (Å²) in [5, 5.41) is 3.43. The molecule has 0 unspecified atom stereocenters. The minimum absolute atomic E-state index is 0.692. The van der Waals surface area contributed by atoms with Crippen LogP contribution >= 0.6 is 0 Å². The third-order valence-electron chi connectivity index (χ3n) is 4.18. The smallest absolute Gasteiger partial charge is 0.0108 e. The molecular formula is C12H24N2. The molecule has 0 bridgehead atoms. The van der Waals surface area contributed by atoms with E-state index in [1.165, 1.54) is 64.8 Å². The summed E-state index contributed by atoms with van der Waals surface area (Å²) >= 11 is 0. The molecule has 0 aromatic heterocycles. The Morgan fingerprint density at radius 2 is 1.79 bits per heavy atom. The fourth-order valence-corrected chi connectivity index (χ4v) is 3.09. The largest absolute Gasteiger partial charge is 0.314 e. The van der Waals surface area contributed by atoms with Gasteiger partial charge < -0.3 is 10.2 Å². The zero-order chi connectivity index (χ0) is 9.86. The molecule has 0 aromatic carbocycles. The summed E-state index contributed by atoms with van der Waals surface area (Å²) in [6.45, 7) is 8.67. The fourth-order valence-electron chi connectivity index (χ4n) is 3.09. The van der Waals surface area contributed by atoms with Crippen molar-refractivity contribution >= 4 is 0 Å². The Labute approximate surface area is 88.1 Å². The van der Waals surface area contributed by atoms with Crippen molar-refractivity contribution in [2.45, 2.75) is 39.0 Å². The van der Waals surface area contributed by atoms with E-state index in [4.69, 9.17) is 0 Å². The molecule has 14 heavy (non-hydrogen) atoms. The van der Waals surface area contributed by atoms with E-state index in [1.807, 2.05) is 0 Å². The van der Waals surface area contributed by atoms with E-state index < -0.39 is 0 Å². The van der Waals surface area contributed by atoms with E-state index in [9.17, 15) is 0 Å². The lowest BCUT2D eigenvalue weighted by atomic mass is 9.83. The maximum atomic E-state index is 3.43. The molecule has 1 aliphatic carbocycles. The third-order valence-corrected chi connectivity index (χ3v) is 4.18. The summed E-state index contributed by atoms with van der Waals surface area (Å²) in [6, 6.07) is 0. The average Bonchev–Trinajstić information content (AvgIpc) is 2.69. The van der Waals surface area contributed by atoms with Crippen molar-refractivity contribution in [3.8, 4) is 0 Å². The van der Waals surface area contributed by atoms with Crippen molar-refractivity contribution < 1.29 is 0 Å². The normalized spacial score (nSPS) is 28.1. The maximum absolute atomic E-state index is 3.43. The summed E-state index contributed by atoms with van der Waals surface area (Å²) in [7, 11) is 0. The highest BCUT2D eigenvalue weighted by atomic mass is 15.2. The van der Waals surface area contributed by atoms with Crippen molar-refractivity contribution in [2.24, 2.45) is 5.41 Å². The lowest BCUT2D eigenvalue weighted by Gasteiger charge is -2.36. The van der Waals surface area contributed by atoms with Crippen molar-refractivity contribution in [3.63, 3.8) is 0 Å². The van der Waals surface area contributed by atoms with Crippen LogP contribution in [0.25, 0.3) is 0 Å². The Balaban J connectivity index is 1.86. The Kier molecular flexibility index (Phi) is 3.45. The molecule has 0 spiro atoms. The van der Waals surface area contributed by atoms with Crippen LogP contribution in [-0.4, -0.2) is 37.6 Å². The van der Waals surface area contributed by atoms with E-state index in [1.54, 1.807) is 0 Å². The number of nitrogens with zero attached hydrogens (tertiary/aromatic N) is 1. The monoisotopic (exact) mass is 196 g/mol. The first kappa shape index (κ1) is 10.4. The summed E-state index contributed by atoms with van der Waals surface area (Å²) in [5.41, 5.74) is 0.692. The first-order chi connectivity index (χ1) is 6.85. The molecule has 0 radical (unpaired) electrons. The fraction of sp³-hybridized carbons (Fsp3) is 1.00. The van der Waals surface area contributed by atoms with Crippen molar-refractivity contribution in [3.05, 3.63) is 0 Å². The quantitative estimate of drug-likeness (QED) is 0.741. The lowest BCUT2D eigenvalue weighted by Crippen LogP contribution is -2.47. The zero-order valence-corrected chi connectivity index (χ0v) is 9.52. The van der Waals surface area contributed by atoms with Crippen LogP contribution < -0.4 is 5.32 Å². The van der Waals surface area contributed by atoms with Gasteiger partial charge in [-0.1, -0.05) is 19.8 Å². The predicted octanol–water partition coefficient (Wildman–Crippen LogP) is 1.86. The van der Waals surface area contributed by atoms with Crippen LogP contribution in [0.2, 0.25) is 0 Å². The topological polar surface area (TPSA) is 15.3 Å². The van der Waals surface area contributed by atoms with Crippen LogP contribution in [0.3, 0.4) is 0 Å². The summed E-state index contributed by atoms with van der Waals surface area (Å²) in [5.74, 6) is 0. The van der Waals surface area contributed by atoms with E-state index in [2.05, 4.69) is 17.1 Å². The van der Waals surface area contributed by atoms with Gasteiger partial charge in [0.25, 0.3) is 0 Å². The van der Waals surface area contributed by atoms with Gasteiger partial charge in [-0.3, -0.25) is 0 Å². The van der Waals surface area contributed by atoms with Crippen molar-refractivity contribution in [1.82, 2.24) is 10.2 Å². The Morgan fingerprint density at radius 3 is 2.36 bits per heavy atom. The molecule has 82 valence electrons. The summed E-state index contributed by atoms with van der Waals surface area (Å²) < 4.78 is 0. The SMILES string of the molecule is CCC1(CN2CCNCC2)CCCC1. The van der Waals surface area contributed by atoms with Gasteiger partial charge in [-0.05, 0) is 24.7 Å². The minimum Gasteiger partial charge on any atom is -0.314 e. The highest BCUT2D eigenvalue weighted by Crippen LogP contribution is 2.41. The van der Waals surface area contributed by atoms with E-state index in [-0.39, 0.29) is 0 Å². The van der Waals surface area contributed by atoms with Gasteiger partial charge in [0.15, 0.2) is 0 Å². The van der Waals surface area contributed by atoms with E-state index >= 15 is 0 Å². The molecule has 0 amide bonds. The number of piperazine rings is 1. The van der Waals surface area contributed by atoms with E-state index in [0.717, 1.165) is 0 Å². The van der Waals surface area contributed by atoms with Gasteiger partial charge >= 0.3 is 0 Å². The minimum atomic E-state index is 0.692. The third kappa shape index (κ3) is 2.29. The molecule has 1 N–H and O–H groups in total. The predicted molar refractivity (Wildman–Crippen MR) is 60.5 cm³/mol. The van der Waals surface area contributed by atoms with Crippen LogP contribution in [0.5, 0.6) is 0 Å². The molecular weight excluding hydrogens is 172 g/mol. The molecule has 2 nitrogen and oxygen atoms in total. The molecule has 0 aromatic rings. The molecule has 0 atom stereocenters. The molecule has 2 fully saturated rings. The molecule has 2 heteroatoms. The maximum Gasteiger partial charge on any atom is 0.0108 e.